The minimum absolute atomic E-state index is 0. The van der Waals surface area contributed by atoms with Gasteiger partial charge in [-0.25, -0.2) is 8.78 Å². The number of halogens is 3. The molecule has 0 saturated carbocycles. The first-order valence-electron chi connectivity index (χ1n) is 6.27. The van der Waals surface area contributed by atoms with E-state index in [1.54, 1.807) is 11.0 Å². The Morgan fingerprint density at radius 1 is 1.30 bits per heavy atom. The molecule has 0 aromatic heterocycles. The smallest absolute Gasteiger partial charge is 0.289 e. The van der Waals surface area contributed by atoms with Crippen LogP contribution in [0.3, 0.4) is 0 Å². The standard InChI is InChI=1S/C13H18F2N2O2.ClH/c14-13(15,9-18)12(17-6-4-16-5-7-17)10-2-1-3-11(19)8-10;/h1-3,8,12,16,18-19H,4-7,9H2;1H/t12-;/m0./s1. The topological polar surface area (TPSA) is 55.7 Å². The van der Waals surface area contributed by atoms with Crippen LogP contribution in [0.5, 0.6) is 5.75 Å². The van der Waals surface area contributed by atoms with Crippen LogP contribution in [-0.4, -0.2) is 53.8 Å². The molecule has 20 heavy (non-hydrogen) atoms. The molecular weight excluding hydrogens is 290 g/mol. The van der Waals surface area contributed by atoms with Gasteiger partial charge in [-0.2, -0.15) is 0 Å². The van der Waals surface area contributed by atoms with E-state index in [0.29, 0.717) is 31.7 Å². The van der Waals surface area contributed by atoms with E-state index in [-0.39, 0.29) is 18.2 Å². The Kier molecular flexibility index (Phi) is 6.13. The number of nitrogens with one attached hydrogen (secondary N) is 1. The fraction of sp³-hybridized carbons (Fsp3) is 0.538. The number of phenols is 1. The average molecular weight is 309 g/mol. The van der Waals surface area contributed by atoms with Gasteiger partial charge in [0, 0.05) is 26.2 Å². The Morgan fingerprint density at radius 2 is 1.95 bits per heavy atom. The summed E-state index contributed by atoms with van der Waals surface area (Å²) < 4.78 is 28.1. The van der Waals surface area contributed by atoms with E-state index in [2.05, 4.69) is 5.32 Å². The van der Waals surface area contributed by atoms with E-state index in [0.717, 1.165) is 0 Å². The third-order valence-electron chi connectivity index (χ3n) is 3.31. The zero-order valence-electron chi connectivity index (χ0n) is 10.9. The highest BCUT2D eigenvalue weighted by molar-refractivity contribution is 5.85. The molecule has 1 atom stereocenters. The van der Waals surface area contributed by atoms with Gasteiger partial charge in [0.1, 0.15) is 18.4 Å². The molecule has 0 aliphatic carbocycles. The van der Waals surface area contributed by atoms with Gasteiger partial charge in [-0.1, -0.05) is 12.1 Å². The minimum atomic E-state index is -3.24. The molecule has 3 N–H and O–H groups in total. The van der Waals surface area contributed by atoms with Gasteiger partial charge >= 0.3 is 0 Å². The minimum Gasteiger partial charge on any atom is -0.508 e. The molecule has 1 saturated heterocycles. The van der Waals surface area contributed by atoms with Crippen molar-refractivity contribution in [2.45, 2.75) is 12.0 Å². The van der Waals surface area contributed by atoms with E-state index < -0.39 is 18.6 Å². The zero-order valence-corrected chi connectivity index (χ0v) is 11.7. The van der Waals surface area contributed by atoms with E-state index in [4.69, 9.17) is 5.11 Å². The van der Waals surface area contributed by atoms with E-state index >= 15 is 0 Å². The van der Waals surface area contributed by atoms with Crippen molar-refractivity contribution in [2.75, 3.05) is 32.8 Å². The Labute approximate surface area is 122 Å². The van der Waals surface area contributed by atoms with Crippen molar-refractivity contribution in [3.8, 4) is 5.75 Å². The van der Waals surface area contributed by atoms with Crippen LogP contribution in [0.1, 0.15) is 11.6 Å². The van der Waals surface area contributed by atoms with Crippen LogP contribution < -0.4 is 5.32 Å². The number of aromatic hydroxyl groups is 1. The summed E-state index contributed by atoms with van der Waals surface area (Å²) in [6.45, 7) is 1.02. The predicted octanol–water partition coefficient (Wildman–Crippen LogP) is 1.39. The Morgan fingerprint density at radius 3 is 2.50 bits per heavy atom. The van der Waals surface area contributed by atoms with Crippen molar-refractivity contribution >= 4 is 12.4 Å². The second kappa shape index (κ2) is 7.17. The first-order chi connectivity index (χ1) is 9.04. The van der Waals surface area contributed by atoms with Gasteiger partial charge in [0.15, 0.2) is 0 Å². The summed E-state index contributed by atoms with van der Waals surface area (Å²) in [7, 11) is 0. The predicted molar refractivity (Wildman–Crippen MR) is 74.6 cm³/mol. The van der Waals surface area contributed by atoms with Crippen molar-refractivity contribution in [2.24, 2.45) is 0 Å². The maximum atomic E-state index is 14.0. The van der Waals surface area contributed by atoms with E-state index in [9.17, 15) is 13.9 Å². The molecular formula is C13H19ClF2N2O2. The van der Waals surface area contributed by atoms with Crippen LogP contribution in [0, 0.1) is 0 Å². The SMILES string of the molecule is Cl.OCC(F)(F)[C@H](c1cccc(O)c1)N1CCNCC1. The van der Waals surface area contributed by atoms with Gasteiger partial charge < -0.3 is 15.5 Å². The maximum absolute atomic E-state index is 14.0. The van der Waals surface area contributed by atoms with Gasteiger partial charge in [0.2, 0.25) is 0 Å². The number of piperazine rings is 1. The summed E-state index contributed by atoms with van der Waals surface area (Å²) in [4.78, 5) is 1.64. The van der Waals surface area contributed by atoms with Gasteiger partial charge in [0.05, 0.1) is 0 Å². The molecule has 1 fully saturated rings. The lowest BCUT2D eigenvalue weighted by Gasteiger charge is -2.38. The number of aliphatic hydroxyl groups is 1. The molecule has 7 heteroatoms. The maximum Gasteiger partial charge on any atom is 0.289 e. The number of alkyl halides is 2. The first-order valence-corrected chi connectivity index (χ1v) is 6.27. The molecule has 0 spiro atoms. The van der Waals surface area contributed by atoms with Gasteiger partial charge in [-0.15, -0.1) is 12.4 Å². The number of nitrogens with zero attached hydrogens (tertiary/aromatic N) is 1. The summed E-state index contributed by atoms with van der Waals surface area (Å²) >= 11 is 0. The summed E-state index contributed by atoms with van der Waals surface area (Å²) in [6.07, 6.45) is 0. The summed E-state index contributed by atoms with van der Waals surface area (Å²) in [5.74, 6) is -3.29. The highest BCUT2D eigenvalue weighted by Gasteiger charge is 2.44. The fourth-order valence-corrected chi connectivity index (χ4v) is 2.44. The third kappa shape index (κ3) is 3.79. The molecule has 1 heterocycles. The zero-order chi connectivity index (χ0) is 13.9. The van der Waals surface area contributed by atoms with Crippen LogP contribution in [0.2, 0.25) is 0 Å². The highest BCUT2D eigenvalue weighted by atomic mass is 35.5. The van der Waals surface area contributed by atoms with Crippen molar-refractivity contribution in [1.29, 1.82) is 0 Å². The number of rotatable bonds is 4. The number of phenolic OH excluding ortho intramolecular Hbond substituents is 1. The highest BCUT2D eigenvalue weighted by Crippen LogP contribution is 2.37. The molecule has 2 rings (SSSR count). The summed E-state index contributed by atoms with van der Waals surface area (Å²) in [5, 5.41) is 21.5. The Hall–Kier alpha value is -0.950. The van der Waals surface area contributed by atoms with Crippen LogP contribution in [-0.2, 0) is 0 Å². The monoisotopic (exact) mass is 308 g/mol. The molecule has 0 amide bonds. The van der Waals surface area contributed by atoms with Crippen molar-refractivity contribution < 1.29 is 19.0 Å². The van der Waals surface area contributed by atoms with Crippen LogP contribution in [0.25, 0.3) is 0 Å². The van der Waals surface area contributed by atoms with Crippen LogP contribution in [0.15, 0.2) is 24.3 Å². The fourth-order valence-electron chi connectivity index (χ4n) is 2.44. The molecule has 0 radical (unpaired) electrons. The van der Waals surface area contributed by atoms with Crippen LogP contribution in [0.4, 0.5) is 8.78 Å². The van der Waals surface area contributed by atoms with Gasteiger partial charge in [0.25, 0.3) is 5.92 Å². The van der Waals surface area contributed by atoms with E-state index in [1.165, 1.54) is 18.2 Å². The van der Waals surface area contributed by atoms with Gasteiger partial charge in [-0.05, 0) is 17.7 Å². The average Bonchev–Trinajstić information content (AvgIpc) is 2.40. The molecule has 4 nitrogen and oxygen atoms in total. The quantitative estimate of drug-likeness (QED) is 0.787. The molecule has 1 aromatic rings. The second-order valence-electron chi connectivity index (χ2n) is 4.70. The van der Waals surface area contributed by atoms with Crippen molar-refractivity contribution in [1.82, 2.24) is 10.2 Å². The number of hydrogen-bond acceptors (Lipinski definition) is 4. The Balaban J connectivity index is 0.00000200. The normalized spacial score (nSPS) is 18.4. The second-order valence-corrected chi connectivity index (χ2v) is 4.70. The number of benzene rings is 1. The van der Waals surface area contributed by atoms with Crippen molar-refractivity contribution in [3.63, 3.8) is 0 Å². The lowest BCUT2D eigenvalue weighted by Crippen LogP contribution is -2.51. The molecule has 0 bridgehead atoms. The molecule has 1 aliphatic rings. The first kappa shape index (κ1) is 17.1. The molecule has 114 valence electrons. The molecule has 0 unspecified atom stereocenters. The molecule has 1 aliphatic heterocycles. The number of hydrogen-bond donors (Lipinski definition) is 3. The van der Waals surface area contributed by atoms with E-state index in [1.807, 2.05) is 0 Å². The summed E-state index contributed by atoms with van der Waals surface area (Å²) in [6, 6.07) is 4.64. The summed E-state index contributed by atoms with van der Waals surface area (Å²) in [5.41, 5.74) is 0.320. The molecule has 1 aromatic carbocycles. The Bertz CT molecular complexity index is 429. The lowest BCUT2D eigenvalue weighted by atomic mass is 9.98. The number of aliphatic hydroxyl groups excluding tert-OH is 1. The van der Waals surface area contributed by atoms with Crippen LogP contribution >= 0.6 is 12.4 Å². The van der Waals surface area contributed by atoms with Crippen molar-refractivity contribution in [3.05, 3.63) is 29.8 Å². The largest absolute Gasteiger partial charge is 0.508 e. The lowest BCUT2D eigenvalue weighted by molar-refractivity contribution is -0.118. The van der Waals surface area contributed by atoms with Gasteiger partial charge in [-0.3, -0.25) is 4.90 Å². The third-order valence-corrected chi connectivity index (χ3v) is 3.31.